The molecule has 8 heteroatoms. The molecule has 1 N–H and O–H groups in total. The Balaban J connectivity index is 2.16. The van der Waals surface area contributed by atoms with Gasteiger partial charge in [0.05, 0.1) is 17.3 Å². The summed E-state index contributed by atoms with van der Waals surface area (Å²) in [6.45, 7) is 1.76. The summed E-state index contributed by atoms with van der Waals surface area (Å²) in [6.07, 6.45) is 2.61. The minimum atomic E-state index is -3.71. The van der Waals surface area contributed by atoms with Crippen molar-refractivity contribution in [2.75, 3.05) is 0 Å². The zero-order chi connectivity index (χ0) is 13.2. The average Bonchev–Trinajstić information content (AvgIpc) is 2.73. The third-order valence-corrected chi connectivity index (χ3v) is 4.01. The van der Waals surface area contributed by atoms with Gasteiger partial charge < -0.3 is 4.52 Å². The first-order valence-corrected chi connectivity index (χ1v) is 6.86. The van der Waals surface area contributed by atoms with Crippen LogP contribution in [0.4, 0.5) is 0 Å². The minimum Gasteiger partial charge on any atom is -0.361 e. The van der Waals surface area contributed by atoms with Crippen LogP contribution in [0.5, 0.6) is 0 Å². The number of sulfonamides is 1. The number of hydrogen-bond donors (Lipinski definition) is 1. The van der Waals surface area contributed by atoms with Crippen molar-refractivity contribution in [3.05, 3.63) is 41.0 Å². The first-order valence-electron chi connectivity index (χ1n) is 5.00. The molecule has 0 amide bonds. The Bertz CT molecular complexity index is 654. The van der Waals surface area contributed by atoms with E-state index in [9.17, 15) is 8.42 Å². The first kappa shape index (κ1) is 13.0. The van der Waals surface area contributed by atoms with Crippen LogP contribution in [0.15, 0.2) is 33.9 Å². The van der Waals surface area contributed by atoms with Crippen molar-refractivity contribution < 1.29 is 12.9 Å². The molecule has 2 aromatic rings. The standard InChI is InChI=1S/C10H10ClN3O3S/c1-7-4-8(14-17-7)5-13-18(15,16)10-6-12-3-2-9(10)11/h2-4,6,13H,5H2,1H3. The van der Waals surface area contributed by atoms with Crippen LogP contribution in [0.1, 0.15) is 11.5 Å². The Kier molecular flexibility index (Phi) is 3.65. The summed E-state index contributed by atoms with van der Waals surface area (Å²) >= 11 is 5.80. The van der Waals surface area contributed by atoms with E-state index in [0.29, 0.717) is 11.5 Å². The van der Waals surface area contributed by atoms with Crippen molar-refractivity contribution in [1.29, 1.82) is 0 Å². The zero-order valence-corrected chi connectivity index (χ0v) is 11.0. The highest BCUT2D eigenvalue weighted by Gasteiger charge is 2.18. The van der Waals surface area contributed by atoms with Crippen molar-refractivity contribution >= 4 is 21.6 Å². The van der Waals surface area contributed by atoms with Gasteiger partial charge in [0, 0.05) is 18.5 Å². The molecule has 0 radical (unpaired) electrons. The fraction of sp³-hybridized carbons (Fsp3) is 0.200. The van der Waals surface area contributed by atoms with E-state index in [4.69, 9.17) is 16.1 Å². The van der Waals surface area contributed by atoms with E-state index in [1.54, 1.807) is 13.0 Å². The fourth-order valence-electron chi connectivity index (χ4n) is 1.31. The molecule has 0 saturated heterocycles. The van der Waals surface area contributed by atoms with Gasteiger partial charge in [-0.3, -0.25) is 4.98 Å². The quantitative estimate of drug-likeness (QED) is 0.921. The molecule has 0 saturated carbocycles. The van der Waals surface area contributed by atoms with Gasteiger partial charge in [-0.15, -0.1) is 0 Å². The lowest BCUT2D eigenvalue weighted by Crippen LogP contribution is -2.23. The van der Waals surface area contributed by atoms with Gasteiger partial charge in [-0.05, 0) is 13.0 Å². The highest BCUT2D eigenvalue weighted by molar-refractivity contribution is 7.89. The van der Waals surface area contributed by atoms with Crippen molar-refractivity contribution in [1.82, 2.24) is 14.9 Å². The molecular weight excluding hydrogens is 278 g/mol. The van der Waals surface area contributed by atoms with E-state index >= 15 is 0 Å². The number of aromatic nitrogens is 2. The van der Waals surface area contributed by atoms with Crippen LogP contribution in [0.2, 0.25) is 5.02 Å². The Labute approximate surface area is 109 Å². The van der Waals surface area contributed by atoms with Crippen LogP contribution in [0.25, 0.3) is 0 Å². The summed E-state index contributed by atoms with van der Waals surface area (Å²) < 4.78 is 31.1. The lowest BCUT2D eigenvalue weighted by molar-refractivity contribution is 0.390. The van der Waals surface area contributed by atoms with Gasteiger partial charge in [-0.25, -0.2) is 13.1 Å². The molecule has 0 spiro atoms. The lowest BCUT2D eigenvalue weighted by atomic mass is 10.4. The highest BCUT2D eigenvalue weighted by Crippen LogP contribution is 2.19. The molecule has 0 aliphatic heterocycles. The number of nitrogens with one attached hydrogen (secondary N) is 1. The smallest absolute Gasteiger partial charge is 0.243 e. The SMILES string of the molecule is Cc1cc(CNS(=O)(=O)c2cnccc2Cl)no1. The van der Waals surface area contributed by atoms with Crippen molar-refractivity contribution in [3.8, 4) is 0 Å². The van der Waals surface area contributed by atoms with E-state index in [0.717, 1.165) is 0 Å². The molecule has 0 fully saturated rings. The number of halogens is 1. The summed E-state index contributed by atoms with van der Waals surface area (Å²) in [7, 11) is -3.71. The van der Waals surface area contributed by atoms with Gasteiger partial charge in [-0.2, -0.15) is 0 Å². The van der Waals surface area contributed by atoms with Gasteiger partial charge in [-0.1, -0.05) is 16.8 Å². The van der Waals surface area contributed by atoms with Gasteiger partial charge in [0.25, 0.3) is 0 Å². The topological polar surface area (TPSA) is 85.1 Å². The molecule has 0 bridgehead atoms. The monoisotopic (exact) mass is 287 g/mol. The van der Waals surface area contributed by atoms with E-state index in [2.05, 4.69) is 14.9 Å². The number of nitrogens with zero attached hydrogens (tertiary/aromatic N) is 2. The lowest BCUT2D eigenvalue weighted by Gasteiger charge is -2.05. The maximum absolute atomic E-state index is 11.9. The number of pyridine rings is 1. The molecule has 0 atom stereocenters. The Morgan fingerprint density at radius 1 is 1.50 bits per heavy atom. The average molecular weight is 288 g/mol. The third-order valence-electron chi connectivity index (χ3n) is 2.14. The van der Waals surface area contributed by atoms with Crippen molar-refractivity contribution in [3.63, 3.8) is 0 Å². The maximum Gasteiger partial charge on any atom is 0.243 e. The summed E-state index contributed by atoms with van der Waals surface area (Å²) in [4.78, 5) is 3.67. The molecule has 6 nitrogen and oxygen atoms in total. The normalized spacial score (nSPS) is 11.7. The second kappa shape index (κ2) is 5.05. The van der Waals surface area contributed by atoms with Gasteiger partial charge in [0.1, 0.15) is 10.7 Å². The molecule has 2 aromatic heterocycles. The first-order chi connectivity index (χ1) is 8.49. The van der Waals surface area contributed by atoms with Crippen LogP contribution in [-0.4, -0.2) is 18.6 Å². The van der Waals surface area contributed by atoms with Crippen LogP contribution < -0.4 is 4.72 Å². The maximum atomic E-state index is 11.9. The zero-order valence-electron chi connectivity index (χ0n) is 9.42. The van der Waals surface area contributed by atoms with E-state index in [1.807, 2.05) is 0 Å². The Hall–Kier alpha value is -1.44. The molecular formula is C10H10ClN3O3S. The second-order valence-electron chi connectivity index (χ2n) is 3.56. The number of rotatable bonds is 4. The molecule has 18 heavy (non-hydrogen) atoms. The molecule has 0 aliphatic carbocycles. The second-order valence-corrected chi connectivity index (χ2v) is 5.70. The fourth-order valence-corrected chi connectivity index (χ4v) is 2.74. The molecule has 2 rings (SSSR count). The summed E-state index contributed by atoms with van der Waals surface area (Å²) in [5.74, 6) is 0.614. The van der Waals surface area contributed by atoms with Crippen molar-refractivity contribution in [2.45, 2.75) is 18.4 Å². The van der Waals surface area contributed by atoms with Crippen LogP contribution in [-0.2, 0) is 16.6 Å². The van der Waals surface area contributed by atoms with Gasteiger partial charge in [0.2, 0.25) is 10.0 Å². The van der Waals surface area contributed by atoms with E-state index < -0.39 is 10.0 Å². The summed E-state index contributed by atoms with van der Waals surface area (Å²) in [6, 6.07) is 3.06. The minimum absolute atomic E-state index is 0.0326. The Morgan fingerprint density at radius 2 is 2.28 bits per heavy atom. The third kappa shape index (κ3) is 2.87. The van der Waals surface area contributed by atoms with Gasteiger partial charge in [0.15, 0.2) is 0 Å². The molecule has 0 aliphatic rings. The molecule has 2 heterocycles. The van der Waals surface area contributed by atoms with Gasteiger partial charge >= 0.3 is 0 Å². The van der Waals surface area contributed by atoms with Crippen LogP contribution >= 0.6 is 11.6 Å². The van der Waals surface area contributed by atoms with Crippen molar-refractivity contribution in [2.24, 2.45) is 0 Å². The molecule has 96 valence electrons. The van der Waals surface area contributed by atoms with Crippen LogP contribution in [0, 0.1) is 6.92 Å². The molecule has 0 unspecified atom stereocenters. The highest BCUT2D eigenvalue weighted by atomic mass is 35.5. The summed E-state index contributed by atoms with van der Waals surface area (Å²) in [5.41, 5.74) is 0.496. The van der Waals surface area contributed by atoms with E-state index in [-0.39, 0.29) is 16.5 Å². The predicted molar refractivity (Wildman–Crippen MR) is 64.5 cm³/mol. The van der Waals surface area contributed by atoms with E-state index in [1.165, 1.54) is 18.5 Å². The number of hydrogen-bond acceptors (Lipinski definition) is 5. The largest absolute Gasteiger partial charge is 0.361 e. The number of aryl methyl sites for hydroxylation is 1. The predicted octanol–water partition coefficient (Wildman–Crippen LogP) is 1.51. The summed E-state index contributed by atoms with van der Waals surface area (Å²) in [5, 5.41) is 3.80. The Morgan fingerprint density at radius 3 is 2.89 bits per heavy atom. The molecule has 0 aromatic carbocycles. The van der Waals surface area contributed by atoms with Crippen LogP contribution in [0.3, 0.4) is 0 Å².